The van der Waals surface area contributed by atoms with Gasteiger partial charge in [0.05, 0.1) is 5.69 Å². The number of amides is 1. The zero-order valence-electron chi connectivity index (χ0n) is 13.3. The molecule has 0 saturated carbocycles. The molecule has 6 nitrogen and oxygen atoms in total. The quantitative estimate of drug-likeness (QED) is 0.800. The first-order valence-electron chi connectivity index (χ1n) is 7.94. The number of carboxylic acids is 1. The summed E-state index contributed by atoms with van der Waals surface area (Å²) in [5.74, 6) is -1.42. The number of hydrogen-bond donors (Lipinski definition) is 1. The summed E-state index contributed by atoms with van der Waals surface area (Å²) in [5, 5.41) is 13.4. The number of aromatic carboxylic acids is 1. The molecule has 0 saturated heterocycles. The summed E-state index contributed by atoms with van der Waals surface area (Å²) in [4.78, 5) is 26.1. The third kappa shape index (κ3) is 2.57. The Hall–Kier alpha value is -3.41. The van der Waals surface area contributed by atoms with E-state index in [-0.39, 0.29) is 17.3 Å². The lowest BCUT2D eigenvalue weighted by molar-refractivity contribution is 0.0690. The number of hydrogen-bond acceptors (Lipinski definition) is 3. The Morgan fingerprint density at radius 2 is 1.72 bits per heavy atom. The molecule has 3 aromatic rings. The Morgan fingerprint density at radius 3 is 2.48 bits per heavy atom. The van der Waals surface area contributed by atoms with E-state index in [1.807, 2.05) is 42.5 Å². The van der Waals surface area contributed by atoms with E-state index in [9.17, 15) is 14.7 Å². The second kappa shape index (κ2) is 5.90. The van der Waals surface area contributed by atoms with E-state index < -0.39 is 5.97 Å². The standard InChI is InChI=1S/C19H15N3O3/c23-18(21-11-10-13-6-4-5-9-16(13)21)17-12-15(19(24)25)20-22(17)14-7-2-1-3-8-14/h1-9,12H,10-11H2,(H,24,25). The number of carboxylic acid groups (broad SMARTS) is 1. The molecule has 1 aromatic heterocycles. The first-order chi connectivity index (χ1) is 12.1. The molecular weight excluding hydrogens is 318 g/mol. The van der Waals surface area contributed by atoms with E-state index in [0.717, 1.165) is 17.7 Å². The highest BCUT2D eigenvalue weighted by atomic mass is 16.4. The average Bonchev–Trinajstić information content (AvgIpc) is 3.27. The van der Waals surface area contributed by atoms with Crippen molar-refractivity contribution in [2.45, 2.75) is 6.42 Å². The van der Waals surface area contributed by atoms with Crippen LogP contribution in [0.15, 0.2) is 60.7 Å². The molecule has 0 aliphatic carbocycles. The second-order valence-electron chi connectivity index (χ2n) is 5.80. The van der Waals surface area contributed by atoms with Gasteiger partial charge in [0.1, 0.15) is 5.69 Å². The molecule has 0 spiro atoms. The van der Waals surface area contributed by atoms with Crippen molar-refractivity contribution >= 4 is 17.6 Å². The maximum atomic E-state index is 13.1. The predicted octanol–water partition coefficient (Wildman–Crippen LogP) is 2.77. The molecule has 0 bridgehead atoms. The number of anilines is 1. The summed E-state index contributed by atoms with van der Waals surface area (Å²) in [6.07, 6.45) is 0.785. The van der Waals surface area contributed by atoms with Gasteiger partial charge in [-0.25, -0.2) is 9.48 Å². The molecule has 1 aliphatic heterocycles. The van der Waals surface area contributed by atoms with E-state index in [1.165, 1.54) is 10.7 Å². The molecule has 1 N–H and O–H groups in total. The van der Waals surface area contributed by atoms with Gasteiger partial charge in [-0.05, 0) is 30.2 Å². The van der Waals surface area contributed by atoms with Crippen molar-refractivity contribution in [2.75, 3.05) is 11.4 Å². The maximum absolute atomic E-state index is 13.1. The molecule has 25 heavy (non-hydrogen) atoms. The molecule has 1 aliphatic rings. The number of rotatable bonds is 3. The van der Waals surface area contributed by atoms with Crippen LogP contribution in [0.5, 0.6) is 0 Å². The van der Waals surface area contributed by atoms with Crippen molar-refractivity contribution in [3.8, 4) is 5.69 Å². The van der Waals surface area contributed by atoms with Crippen LogP contribution in [0.2, 0.25) is 0 Å². The van der Waals surface area contributed by atoms with Gasteiger partial charge in [0.15, 0.2) is 5.69 Å². The van der Waals surface area contributed by atoms with Crippen LogP contribution in [0.3, 0.4) is 0 Å². The van der Waals surface area contributed by atoms with Crippen LogP contribution in [-0.2, 0) is 6.42 Å². The van der Waals surface area contributed by atoms with Gasteiger partial charge in [0.25, 0.3) is 5.91 Å². The van der Waals surface area contributed by atoms with Crippen molar-refractivity contribution in [1.29, 1.82) is 0 Å². The van der Waals surface area contributed by atoms with Crippen molar-refractivity contribution < 1.29 is 14.7 Å². The maximum Gasteiger partial charge on any atom is 0.356 e. The van der Waals surface area contributed by atoms with E-state index in [1.54, 1.807) is 17.0 Å². The lowest BCUT2D eigenvalue weighted by Gasteiger charge is -2.18. The molecule has 2 heterocycles. The molecule has 6 heteroatoms. The number of benzene rings is 2. The number of para-hydroxylation sites is 2. The minimum Gasteiger partial charge on any atom is -0.476 e. The third-order valence-corrected chi connectivity index (χ3v) is 4.28. The van der Waals surface area contributed by atoms with Crippen LogP contribution in [0.1, 0.15) is 26.5 Å². The van der Waals surface area contributed by atoms with Gasteiger partial charge in [-0.2, -0.15) is 5.10 Å². The Morgan fingerprint density at radius 1 is 1.00 bits per heavy atom. The summed E-state index contributed by atoms with van der Waals surface area (Å²) in [5.41, 5.74) is 2.70. The second-order valence-corrected chi connectivity index (χ2v) is 5.80. The fourth-order valence-electron chi connectivity index (χ4n) is 3.09. The van der Waals surface area contributed by atoms with Crippen LogP contribution in [-0.4, -0.2) is 33.3 Å². The van der Waals surface area contributed by atoms with Gasteiger partial charge >= 0.3 is 5.97 Å². The smallest absolute Gasteiger partial charge is 0.356 e. The lowest BCUT2D eigenvalue weighted by Crippen LogP contribution is -2.30. The van der Waals surface area contributed by atoms with Gasteiger partial charge in [-0.15, -0.1) is 0 Å². The van der Waals surface area contributed by atoms with Crippen molar-refractivity contribution in [3.05, 3.63) is 77.6 Å². The van der Waals surface area contributed by atoms with E-state index >= 15 is 0 Å². The number of nitrogens with zero attached hydrogens (tertiary/aromatic N) is 3. The van der Waals surface area contributed by atoms with E-state index in [2.05, 4.69) is 5.10 Å². The van der Waals surface area contributed by atoms with Gasteiger partial charge in [0.2, 0.25) is 0 Å². The normalized spacial score (nSPS) is 12.9. The Kier molecular flexibility index (Phi) is 3.57. The van der Waals surface area contributed by atoms with Crippen LogP contribution in [0, 0.1) is 0 Å². The number of carbonyl (C=O) groups is 2. The first-order valence-corrected chi connectivity index (χ1v) is 7.94. The highest BCUT2D eigenvalue weighted by Crippen LogP contribution is 2.29. The van der Waals surface area contributed by atoms with Crippen molar-refractivity contribution in [2.24, 2.45) is 0 Å². The minimum atomic E-state index is -1.16. The molecule has 0 radical (unpaired) electrons. The summed E-state index contributed by atoms with van der Waals surface area (Å²) in [6, 6.07) is 18.1. The number of fused-ring (bicyclic) bond motifs is 1. The molecule has 4 rings (SSSR count). The Balaban J connectivity index is 1.80. The van der Waals surface area contributed by atoms with Gasteiger partial charge in [-0.3, -0.25) is 4.79 Å². The van der Waals surface area contributed by atoms with Crippen molar-refractivity contribution in [1.82, 2.24) is 9.78 Å². The molecular formula is C19H15N3O3. The zero-order valence-corrected chi connectivity index (χ0v) is 13.3. The average molecular weight is 333 g/mol. The van der Waals surface area contributed by atoms with Gasteiger partial charge in [-0.1, -0.05) is 36.4 Å². The third-order valence-electron chi connectivity index (χ3n) is 4.28. The number of carbonyl (C=O) groups excluding carboxylic acids is 1. The minimum absolute atomic E-state index is 0.153. The van der Waals surface area contributed by atoms with Crippen LogP contribution >= 0.6 is 0 Å². The SMILES string of the molecule is O=C(O)c1cc(C(=O)N2CCc3ccccc32)n(-c2ccccc2)n1. The first kappa shape index (κ1) is 15.1. The monoisotopic (exact) mass is 333 g/mol. The molecule has 1 amide bonds. The van der Waals surface area contributed by atoms with Crippen molar-refractivity contribution in [3.63, 3.8) is 0 Å². The fraction of sp³-hybridized carbons (Fsp3) is 0.105. The van der Waals surface area contributed by atoms with E-state index in [0.29, 0.717) is 12.2 Å². The highest BCUT2D eigenvalue weighted by molar-refractivity contribution is 6.07. The largest absolute Gasteiger partial charge is 0.476 e. The molecule has 0 atom stereocenters. The van der Waals surface area contributed by atoms with Gasteiger partial charge in [0, 0.05) is 18.3 Å². The highest BCUT2D eigenvalue weighted by Gasteiger charge is 2.29. The fourth-order valence-corrected chi connectivity index (χ4v) is 3.09. The lowest BCUT2D eigenvalue weighted by atomic mass is 10.2. The molecule has 2 aromatic carbocycles. The van der Waals surface area contributed by atoms with Crippen LogP contribution in [0.25, 0.3) is 5.69 Å². The molecule has 124 valence electrons. The Bertz CT molecular complexity index is 963. The Labute approximate surface area is 143 Å². The molecule has 0 fully saturated rings. The topological polar surface area (TPSA) is 75.4 Å². The van der Waals surface area contributed by atoms with Crippen LogP contribution in [0.4, 0.5) is 5.69 Å². The summed E-state index contributed by atoms with van der Waals surface area (Å²) < 4.78 is 1.40. The predicted molar refractivity (Wildman–Crippen MR) is 92.3 cm³/mol. The zero-order chi connectivity index (χ0) is 17.4. The molecule has 0 unspecified atom stereocenters. The summed E-state index contributed by atoms with van der Waals surface area (Å²) in [7, 11) is 0. The van der Waals surface area contributed by atoms with E-state index in [4.69, 9.17) is 0 Å². The van der Waals surface area contributed by atoms with Crippen LogP contribution < -0.4 is 4.90 Å². The van der Waals surface area contributed by atoms with Gasteiger partial charge < -0.3 is 10.0 Å². The summed E-state index contributed by atoms with van der Waals surface area (Å²) >= 11 is 0. The summed E-state index contributed by atoms with van der Waals surface area (Å²) in [6.45, 7) is 0.570. The number of aromatic nitrogens is 2.